The van der Waals surface area contributed by atoms with Crippen LogP contribution in [-0.2, 0) is 14.3 Å². The van der Waals surface area contributed by atoms with Crippen molar-refractivity contribution in [2.45, 2.75) is 58.9 Å². The lowest BCUT2D eigenvalue weighted by atomic mass is 9.82. The summed E-state index contributed by atoms with van der Waals surface area (Å²) in [5, 5.41) is 6.02. The van der Waals surface area contributed by atoms with E-state index < -0.39 is 6.04 Å². The van der Waals surface area contributed by atoms with Gasteiger partial charge in [0, 0.05) is 25.6 Å². The lowest BCUT2D eigenvalue weighted by Crippen LogP contribution is -2.51. The van der Waals surface area contributed by atoms with Gasteiger partial charge in [0.25, 0.3) is 0 Å². The molecule has 0 aromatic rings. The van der Waals surface area contributed by atoms with Gasteiger partial charge in [-0.15, -0.1) is 0 Å². The Labute approximate surface area is 158 Å². The second-order valence-corrected chi connectivity index (χ2v) is 8.29. The van der Waals surface area contributed by atoms with E-state index in [2.05, 4.69) is 22.5 Å². The number of rotatable bonds is 8. The zero-order valence-electron chi connectivity index (χ0n) is 16.8. The number of morpholine rings is 1. The van der Waals surface area contributed by atoms with Crippen LogP contribution in [-0.4, -0.2) is 62.1 Å². The second-order valence-electron chi connectivity index (χ2n) is 8.29. The average molecular weight is 368 g/mol. The summed E-state index contributed by atoms with van der Waals surface area (Å²) in [4.78, 5) is 27.5. The van der Waals surface area contributed by atoms with E-state index in [1.54, 1.807) is 0 Å². The van der Waals surface area contributed by atoms with E-state index in [0.29, 0.717) is 6.54 Å². The minimum Gasteiger partial charge on any atom is -0.379 e. The lowest BCUT2D eigenvalue weighted by Gasteiger charge is -2.29. The minimum absolute atomic E-state index is 0.0547. The normalized spacial score (nSPS) is 25.7. The van der Waals surface area contributed by atoms with Crippen LogP contribution in [0.1, 0.15) is 52.9 Å². The smallest absolute Gasteiger partial charge is 0.242 e. The average Bonchev–Trinajstić information content (AvgIpc) is 2.64. The molecule has 2 amide bonds. The molecule has 150 valence electrons. The molecule has 0 bridgehead atoms. The van der Waals surface area contributed by atoms with Crippen LogP contribution in [0.15, 0.2) is 0 Å². The Morgan fingerprint density at radius 2 is 1.77 bits per heavy atom. The Kier molecular flexibility index (Phi) is 8.85. The maximum Gasteiger partial charge on any atom is 0.242 e. The number of carbonyl (C=O) groups is 2. The van der Waals surface area contributed by atoms with E-state index in [4.69, 9.17) is 4.74 Å². The number of nitrogens with zero attached hydrogens (tertiary/aromatic N) is 1. The van der Waals surface area contributed by atoms with E-state index >= 15 is 0 Å². The van der Waals surface area contributed by atoms with Gasteiger partial charge in [0.1, 0.15) is 6.04 Å². The first-order valence-corrected chi connectivity index (χ1v) is 10.4. The summed E-state index contributed by atoms with van der Waals surface area (Å²) in [6.45, 7) is 11.4. The van der Waals surface area contributed by atoms with Crippen molar-refractivity contribution < 1.29 is 14.3 Å². The third-order valence-corrected chi connectivity index (χ3v) is 5.69. The molecule has 26 heavy (non-hydrogen) atoms. The highest BCUT2D eigenvalue weighted by atomic mass is 16.5. The van der Waals surface area contributed by atoms with E-state index in [-0.39, 0.29) is 23.7 Å². The van der Waals surface area contributed by atoms with Crippen LogP contribution in [0, 0.1) is 17.8 Å². The van der Waals surface area contributed by atoms with Gasteiger partial charge in [0.2, 0.25) is 11.8 Å². The van der Waals surface area contributed by atoms with Crippen molar-refractivity contribution in [1.82, 2.24) is 15.5 Å². The Bertz CT molecular complexity index is 442. The Balaban J connectivity index is 1.71. The standard InChI is InChI=1S/C20H37N3O3/c1-15(2)18(22-19(24)17-7-5-16(3)6-8-17)20(25)21-9-4-10-23-11-13-26-14-12-23/h15-18H,4-14H2,1-3H3,(H,21,25)(H,22,24)/t16?,17?,18-/m1/s1. The maximum atomic E-state index is 12.6. The summed E-state index contributed by atoms with van der Waals surface area (Å²) >= 11 is 0. The fourth-order valence-electron chi connectivity index (χ4n) is 3.78. The molecule has 1 saturated carbocycles. The van der Waals surface area contributed by atoms with Gasteiger partial charge in [-0.2, -0.15) is 0 Å². The summed E-state index contributed by atoms with van der Waals surface area (Å²) in [5.41, 5.74) is 0. The number of hydrogen-bond acceptors (Lipinski definition) is 4. The Morgan fingerprint density at radius 1 is 1.12 bits per heavy atom. The van der Waals surface area contributed by atoms with Crippen LogP contribution >= 0.6 is 0 Å². The molecule has 0 aromatic carbocycles. The van der Waals surface area contributed by atoms with Crippen LogP contribution in [0.4, 0.5) is 0 Å². The fraction of sp³-hybridized carbons (Fsp3) is 0.900. The SMILES string of the molecule is CC1CCC(C(=O)N[C@@H](C(=O)NCCCN2CCOCC2)C(C)C)CC1. The molecule has 1 aliphatic carbocycles. The molecular formula is C20H37N3O3. The van der Waals surface area contributed by atoms with Gasteiger partial charge in [-0.1, -0.05) is 20.8 Å². The first kappa shape index (κ1) is 21.2. The second kappa shape index (κ2) is 10.9. The quantitative estimate of drug-likeness (QED) is 0.642. The summed E-state index contributed by atoms with van der Waals surface area (Å²) in [5.74, 6) is 0.871. The molecule has 6 nitrogen and oxygen atoms in total. The van der Waals surface area contributed by atoms with E-state index in [1.165, 1.54) is 0 Å². The van der Waals surface area contributed by atoms with Crippen LogP contribution in [0.3, 0.4) is 0 Å². The molecule has 0 unspecified atom stereocenters. The molecule has 1 saturated heterocycles. The maximum absolute atomic E-state index is 12.6. The molecule has 2 aliphatic rings. The third kappa shape index (κ3) is 6.88. The predicted octanol–water partition coefficient (Wildman–Crippen LogP) is 1.79. The molecule has 0 radical (unpaired) electrons. The van der Waals surface area contributed by atoms with Crippen molar-refractivity contribution in [2.24, 2.45) is 17.8 Å². The molecule has 0 spiro atoms. The highest BCUT2D eigenvalue weighted by Gasteiger charge is 2.29. The zero-order valence-corrected chi connectivity index (χ0v) is 16.8. The van der Waals surface area contributed by atoms with Crippen molar-refractivity contribution in [3.8, 4) is 0 Å². The van der Waals surface area contributed by atoms with Gasteiger partial charge in [-0.05, 0) is 50.5 Å². The Morgan fingerprint density at radius 3 is 2.38 bits per heavy atom. The molecule has 6 heteroatoms. The van der Waals surface area contributed by atoms with E-state index in [0.717, 1.165) is 70.9 Å². The van der Waals surface area contributed by atoms with Crippen molar-refractivity contribution in [3.05, 3.63) is 0 Å². The molecule has 1 aliphatic heterocycles. The van der Waals surface area contributed by atoms with Crippen LogP contribution in [0.2, 0.25) is 0 Å². The number of nitrogens with one attached hydrogen (secondary N) is 2. The first-order valence-electron chi connectivity index (χ1n) is 10.4. The molecule has 0 aromatic heterocycles. The summed E-state index contributed by atoms with van der Waals surface area (Å²) in [6, 6.07) is -0.440. The predicted molar refractivity (Wildman–Crippen MR) is 103 cm³/mol. The lowest BCUT2D eigenvalue weighted by molar-refractivity contribution is -0.132. The van der Waals surface area contributed by atoms with E-state index in [1.807, 2.05) is 13.8 Å². The van der Waals surface area contributed by atoms with Crippen LogP contribution in [0.5, 0.6) is 0 Å². The van der Waals surface area contributed by atoms with Crippen molar-refractivity contribution in [1.29, 1.82) is 0 Å². The highest BCUT2D eigenvalue weighted by molar-refractivity contribution is 5.88. The molecular weight excluding hydrogens is 330 g/mol. The molecule has 2 fully saturated rings. The molecule has 2 rings (SSSR count). The van der Waals surface area contributed by atoms with Crippen LogP contribution < -0.4 is 10.6 Å². The molecule has 2 N–H and O–H groups in total. The van der Waals surface area contributed by atoms with Gasteiger partial charge < -0.3 is 15.4 Å². The topological polar surface area (TPSA) is 70.7 Å². The first-order chi connectivity index (χ1) is 12.5. The van der Waals surface area contributed by atoms with Gasteiger partial charge >= 0.3 is 0 Å². The monoisotopic (exact) mass is 367 g/mol. The third-order valence-electron chi connectivity index (χ3n) is 5.69. The number of amides is 2. The molecule has 1 heterocycles. The number of carbonyl (C=O) groups excluding carboxylic acids is 2. The number of ether oxygens (including phenoxy) is 1. The summed E-state index contributed by atoms with van der Waals surface area (Å²) < 4.78 is 5.34. The van der Waals surface area contributed by atoms with Gasteiger partial charge in [-0.3, -0.25) is 14.5 Å². The van der Waals surface area contributed by atoms with Crippen molar-refractivity contribution in [3.63, 3.8) is 0 Å². The number of hydrogen-bond donors (Lipinski definition) is 2. The van der Waals surface area contributed by atoms with Gasteiger partial charge in [0.05, 0.1) is 13.2 Å². The fourth-order valence-corrected chi connectivity index (χ4v) is 3.78. The van der Waals surface area contributed by atoms with Crippen molar-refractivity contribution in [2.75, 3.05) is 39.4 Å². The van der Waals surface area contributed by atoms with Crippen molar-refractivity contribution >= 4 is 11.8 Å². The van der Waals surface area contributed by atoms with Gasteiger partial charge in [0.15, 0.2) is 0 Å². The van der Waals surface area contributed by atoms with E-state index in [9.17, 15) is 9.59 Å². The largest absolute Gasteiger partial charge is 0.379 e. The Hall–Kier alpha value is -1.14. The summed E-state index contributed by atoms with van der Waals surface area (Å²) in [7, 11) is 0. The zero-order chi connectivity index (χ0) is 18.9. The summed E-state index contributed by atoms with van der Waals surface area (Å²) in [6.07, 6.45) is 5.03. The minimum atomic E-state index is -0.440. The van der Waals surface area contributed by atoms with Gasteiger partial charge in [-0.25, -0.2) is 0 Å². The highest BCUT2D eigenvalue weighted by Crippen LogP contribution is 2.28. The molecule has 1 atom stereocenters. The van der Waals surface area contributed by atoms with Crippen LogP contribution in [0.25, 0.3) is 0 Å².